The van der Waals surface area contributed by atoms with Gasteiger partial charge in [0.05, 0.1) is 0 Å². The Labute approximate surface area is 178 Å². The van der Waals surface area contributed by atoms with Crippen LogP contribution in [0, 0.1) is 20.8 Å². The lowest BCUT2D eigenvalue weighted by atomic mass is 10.0. The van der Waals surface area contributed by atoms with Crippen molar-refractivity contribution in [1.29, 1.82) is 0 Å². The van der Waals surface area contributed by atoms with E-state index in [1.54, 1.807) is 24.3 Å². The van der Waals surface area contributed by atoms with E-state index in [-0.39, 0.29) is 23.2 Å². The van der Waals surface area contributed by atoms with Gasteiger partial charge in [-0.25, -0.2) is 0 Å². The molecule has 0 radical (unpaired) electrons. The van der Waals surface area contributed by atoms with Crippen LogP contribution < -0.4 is 10.6 Å². The molecule has 29 heavy (non-hydrogen) atoms. The average Bonchev–Trinajstić information content (AvgIpc) is 3.12. The Balaban J connectivity index is 1.56. The minimum Gasteiger partial charge on any atom is -0.326 e. The summed E-state index contributed by atoms with van der Waals surface area (Å²) in [4.78, 5) is 24.6. The first kappa shape index (κ1) is 21.0. The molecule has 150 valence electrons. The molecule has 2 amide bonds. The molecule has 0 saturated carbocycles. The first-order chi connectivity index (χ1) is 13.8. The third-order valence-corrected chi connectivity index (χ3v) is 5.47. The number of benzene rings is 2. The highest BCUT2D eigenvalue weighted by Gasteiger charge is 2.15. The lowest BCUT2D eigenvalue weighted by Gasteiger charge is -2.12. The van der Waals surface area contributed by atoms with Crippen molar-refractivity contribution in [2.45, 2.75) is 33.6 Å². The number of hydrogen-bond donors (Lipinski definition) is 2. The van der Waals surface area contributed by atoms with Crippen LogP contribution in [-0.2, 0) is 11.2 Å². The Hall–Kier alpha value is -2.77. The lowest BCUT2D eigenvalue weighted by Crippen LogP contribution is -2.14. The van der Waals surface area contributed by atoms with Crippen molar-refractivity contribution in [3.63, 3.8) is 0 Å². The van der Waals surface area contributed by atoms with Crippen LogP contribution in [0.5, 0.6) is 0 Å². The first-order valence-electron chi connectivity index (χ1n) is 9.09. The smallest absolute Gasteiger partial charge is 0.286 e. The number of nitrogens with zero attached hydrogens (tertiary/aromatic N) is 2. The Morgan fingerprint density at radius 2 is 1.76 bits per heavy atom. The number of carbonyl (C=O) groups excluding carboxylic acids is 2. The topological polar surface area (TPSA) is 84.0 Å². The number of aryl methyl sites for hydroxylation is 4. The van der Waals surface area contributed by atoms with E-state index < -0.39 is 0 Å². The molecule has 1 heterocycles. The monoisotopic (exact) mass is 428 g/mol. The van der Waals surface area contributed by atoms with E-state index in [0.717, 1.165) is 22.4 Å². The van der Waals surface area contributed by atoms with E-state index in [0.29, 0.717) is 22.1 Å². The second-order valence-electron chi connectivity index (χ2n) is 6.79. The fourth-order valence-corrected chi connectivity index (χ4v) is 3.92. The van der Waals surface area contributed by atoms with Gasteiger partial charge in [0.1, 0.15) is 5.01 Å². The number of aromatic nitrogens is 2. The van der Waals surface area contributed by atoms with E-state index >= 15 is 0 Å². The minimum absolute atomic E-state index is 0.0971. The highest BCUT2D eigenvalue weighted by atomic mass is 35.5. The highest BCUT2D eigenvalue weighted by Crippen LogP contribution is 2.22. The lowest BCUT2D eigenvalue weighted by molar-refractivity contribution is -0.116. The molecule has 3 rings (SSSR count). The second kappa shape index (κ2) is 9.15. The SMILES string of the molecule is Cc1cc(C)c(NC(=O)CCc2nnc(C(=O)Nc3cccc(Cl)c3)s2)c(C)c1. The highest BCUT2D eigenvalue weighted by molar-refractivity contribution is 7.13. The van der Waals surface area contributed by atoms with Crippen LogP contribution in [0.1, 0.15) is 37.9 Å². The maximum atomic E-state index is 12.3. The molecule has 1 aromatic heterocycles. The van der Waals surface area contributed by atoms with E-state index in [1.165, 1.54) is 11.3 Å². The summed E-state index contributed by atoms with van der Waals surface area (Å²) >= 11 is 7.09. The molecular weight excluding hydrogens is 408 g/mol. The van der Waals surface area contributed by atoms with E-state index in [2.05, 4.69) is 20.8 Å². The Morgan fingerprint density at radius 3 is 2.45 bits per heavy atom. The van der Waals surface area contributed by atoms with Gasteiger partial charge in [-0.1, -0.05) is 46.7 Å². The van der Waals surface area contributed by atoms with Crippen molar-refractivity contribution < 1.29 is 9.59 Å². The van der Waals surface area contributed by atoms with Gasteiger partial charge < -0.3 is 10.6 Å². The average molecular weight is 429 g/mol. The van der Waals surface area contributed by atoms with Gasteiger partial charge >= 0.3 is 0 Å². The zero-order valence-electron chi connectivity index (χ0n) is 16.4. The van der Waals surface area contributed by atoms with E-state index in [4.69, 9.17) is 11.6 Å². The molecular formula is C21H21ClN4O2S. The van der Waals surface area contributed by atoms with Gasteiger partial charge in [-0.05, 0) is 50.1 Å². The molecule has 2 aromatic carbocycles. The molecule has 0 aliphatic carbocycles. The minimum atomic E-state index is -0.355. The number of hydrogen-bond acceptors (Lipinski definition) is 5. The summed E-state index contributed by atoms with van der Waals surface area (Å²) in [6.07, 6.45) is 0.676. The predicted molar refractivity (Wildman–Crippen MR) is 117 cm³/mol. The molecule has 0 bridgehead atoms. The van der Waals surface area contributed by atoms with Crippen LogP contribution >= 0.6 is 22.9 Å². The van der Waals surface area contributed by atoms with Crippen LogP contribution in [0.15, 0.2) is 36.4 Å². The number of rotatable bonds is 6. The molecule has 0 aliphatic heterocycles. The summed E-state index contributed by atoms with van der Waals surface area (Å²) in [5, 5.41) is 15.1. The standard InChI is InChI=1S/C21H21ClN4O2S/c1-12-9-13(2)19(14(3)10-12)24-17(27)7-8-18-25-26-21(29-18)20(28)23-16-6-4-5-15(22)11-16/h4-6,9-11H,7-8H2,1-3H3,(H,23,28)(H,24,27). The van der Waals surface area contributed by atoms with E-state index in [1.807, 2.05) is 32.9 Å². The Bertz CT molecular complexity index is 1040. The molecule has 3 aromatic rings. The normalized spacial score (nSPS) is 10.6. The second-order valence-corrected chi connectivity index (χ2v) is 8.29. The van der Waals surface area contributed by atoms with Gasteiger partial charge in [0, 0.05) is 29.2 Å². The number of carbonyl (C=O) groups is 2. The van der Waals surface area contributed by atoms with Crippen LogP contribution in [0.25, 0.3) is 0 Å². The number of amides is 2. The molecule has 0 fully saturated rings. The van der Waals surface area contributed by atoms with Crippen LogP contribution in [0.4, 0.5) is 11.4 Å². The van der Waals surface area contributed by atoms with Crippen molar-refractivity contribution in [3.8, 4) is 0 Å². The summed E-state index contributed by atoms with van der Waals surface area (Å²) in [6.45, 7) is 5.98. The van der Waals surface area contributed by atoms with Gasteiger partial charge in [-0.2, -0.15) is 0 Å². The number of halogens is 1. The van der Waals surface area contributed by atoms with Gasteiger partial charge in [0.25, 0.3) is 5.91 Å². The fraction of sp³-hybridized carbons (Fsp3) is 0.238. The van der Waals surface area contributed by atoms with Gasteiger partial charge in [0.2, 0.25) is 10.9 Å². The van der Waals surface area contributed by atoms with E-state index in [9.17, 15) is 9.59 Å². The Morgan fingerprint density at radius 1 is 1.03 bits per heavy atom. The quantitative estimate of drug-likeness (QED) is 0.582. The summed E-state index contributed by atoms with van der Waals surface area (Å²) in [5.74, 6) is -0.452. The summed E-state index contributed by atoms with van der Waals surface area (Å²) < 4.78 is 0. The largest absolute Gasteiger partial charge is 0.326 e. The van der Waals surface area contributed by atoms with Gasteiger partial charge in [0.15, 0.2) is 0 Å². The summed E-state index contributed by atoms with van der Waals surface area (Å²) in [5.41, 5.74) is 4.66. The van der Waals surface area contributed by atoms with Crippen LogP contribution in [0.3, 0.4) is 0 Å². The zero-order valence-corrected chi connectivity index (χ0v) is 17.9. The third kappa shape index (κ3) is 5.62. The van der Waals surface area contributed by atoms with Crippen molar-refractivity contribution in [1.82, 2.24) is 10.2 Å². The Kier molecular flexibility index (Phi) is 6.61. The third-order valence-electron chi connectivity index (χ3n) is 4.25. The molecule has 2 N–H and O–H groups in total. The maximum Gasteiger partial charge on any atom is 0.286 e. The molecule has 0 unspecified atom stereocenters. The zero-order chi connectivity index (χ0) is 21.0. The number of nitrogens with one attached hydrogen (secondary N) is 2. The fourth-order valence-electron chi connectivity index (χ4n) is 3.00. The molecule has 0 aliphatic rings. The molecule has 8 heteroatoms. The molecule has 6 nitrogen and oxygen atoms in total. The molecule has 0 spiro atoms. The van der Waals surface area contributed by atoms with Crippen LogP contribution in [0.2, 0.25) is 5.02 Å². The van der Waals surface area contributed by atoms with Crippen molar-refractivity contribution >= 4 is 46.1 Å². The predicted octanol–water partition coefficient (Wildman–Crippen LogP) is 4.94. The van der Waals surface area contributed by atoms with Crippen LogP contribution in [-0.4, -0.2) is 22.0 Å². The van der Waals surface area contributed by atoms with Gasteiger partial charge in [-0.3, -0.25) is 9.59 Å². The number of anilines is 2. The summed E-state index contributed by atoms with van der Waals surface area (Å²) in [7, 11) is 0. The van der Waals surface area contributed by atoms with Crippen molar-refractivity contribution in [2.75, 3.05) is 10.6 Å². The first-order valence-corrected chi connectivity index (χ1v) is 10.3. The molecule has 0 atom stereocenters. The molecule has 0 saturated heterocycles. The maximum absolute atomic E-state index is 12.3. The van der Waals surface area contributed by atoms with Crippen molar-refractivity contribution in [3.05, 3.63) is 68.1 Å². The summed E-state index contributed by atoms with van der Waals surface area (Å²) in [6, 6.07) is 11.0. The van der Waals surface area contributed by atoms with Gasteiger partial charge in [-0.15, -0.1) is 10.2 Å². The van der Waals surface area contributed by atoms with Crippen molar-refractivity contribution in [2.24, 2.45) is 0 Å².